The first kappa shape index (κ1) is 22.5. The second-order valence-corrected chi connectivity index (χ2v) is 8.30. The summed E-state index contributed by atoms with van der Waals surface area (Å²) in [5.74, 6) is -2.20. The molecule has 0 aliphatic carbocycles. The summed E-state index contributed by atoms with van der Waals surface area (Å²) in [6.07, 6.45) is 0.608. The first-order valence-electron chi connectivity index (χ1n) is 10.7. The van der Waals surface area contributed by atoms with E-state index in [1.165, 1.54) is 29.0 Å². The van der Waals surface area contributed by atoms with Crippen molar-refractivity contribution in [3.63, 3.8) is 0 Å². The molecule has 0 spiro atoms. The van der Waals surface area contributed by atoms with Crippen molar-refractivity contribution in [1.82, 2.24) is 15.2 Å². The summed E-state index contributed by atoms with van der Waals surface area (Å²) in [5.41, 5.74) is 5.32. The highest BCUT2D eigenvalue weighted by Gasteiger charge is 2.45. The smallest absolute Gasteiger partial charge is 0.257 e. The molecule has 12 heteroatoms. The normalized spacial score (nSPS) is 16.7. The van der Waals surface area contributed by atoms with Crippen LogP contribution in [-0.2, 0) is 26.5 Å². The number of benzene rings is 1. The fraction of sp³-hybridized carbons (Fsp3) is 0.261. The molecule has 0 unspecified atom stereocenters. The van der Waals surface area contributed by atoms with E-state index in [1.54, 1.807) is 18.2 Å². The molecule has 180 valence electrons. The van der Waals surface area contributed by atoms with Crippen LogP contribution in [0.2, 0.25) is 0 Å². The molecular weight excluding hydrogens is 461 g/mol. The molecule has 0 bridgehead atoms. The van der Waals surface area contributed by atoms with Crippen LogP contribution in [0, 0.1) is 5.82 Å². The minimum absolute atomic E-state index is 0.0118. The number of fused-ring (bicyclic) bond motifs is 2. The second-order valence-electron chi connectivity index (χ2n) is 8.30. The number of imide groups is 1. The van der Waals surface area contributed by atoms with Gasteiger partial charge in [-0.25, -0.2) is 9.37 Å². The molecule has 1 saturated heterocycles. The summed E-state index contributed by atoms with van der Waals surface area (Å²) in [4.78, 5) is 55.9. The third-order valence-electron chi connectivity index (χ3n) is 6.24. The van der Waals surface area contributed by atoms with E-state index < -0.39 is 29.7 Å². The van der Waals surface area contributed by atoms with E-state index in [0.717, 1.165) is 0 Å². The monoisotopic (exact) mass is 481 g/mol. The van der Waals surface area contributed by atoms with Gasteiger partial charge in [-0.2, -0.15) is 0 Å². The van der Waals surface area contributed by atoms with Crippen LogP contribution >= 0.6 is 0 Å². The van der Waals surface area contributed by atoms with Crippen LogP contribution in [0.25, 0.3) is 11.1 Å². The number of anilines is 1. The van der Waals surface area contributed by atoms with Gasteiger partial charge in [-0.15, -0.1) is 0 Å². The minimum atomic E-state index is -2.01. The zero-order chi connectivity index (χ0) is 24.9. The van der Waals surface area contributed by atoms with E-state index in [0.29, 0.717) is 29.9 Å². The first-order valence-corrected chi connectivity index (χ1v) is 10.7. The maximum absolute atomic E-state index is 14.8. The summed E-state index contributed by atoms with van der Waals surface area (Å²) in [6.45, 7) is 0.116. The molecule has 11 nitrogen and oxygen atoms in total. The standard InChI is InChI=1S/C23H20FN5O6/c1-34-15-3-2-12-9-28(21(32)19(12)20(15)24)10-23(25,22(33)26-11-30)16-8-13-14(35-16)4-5-17(27-13)29-7-6-18(29)31/h2-5,8,11H,6-7,9-10,25H2,1H3,(H,26,30,33)/t23-/m0/s1. The summed E-state index contributed by atoms with van der Waals surface area (Å²) < 4.78 is 25.5. The molecule has 5 rings (SSSR count). The molecule has 2 aliphatic rings. The van der Waals surface area contributed by atoms with Crippen molar-refractivity contribution in [2.75, 3.05) is 25.1 Å². The Hall–Kier alpha value is -4.32. The van der Waals surface area contributed by atoms with Crippen molar-refractivity contribution < 1.29 is 32.7 Å². The Labute approximate surface area is 197 Å². The lowest BCUT2D eigenvalue weighted by Gasteiger charge is -2.29. The number of furan rings is 1. The molecule has 1 atom stereocenters. The number of amides is 4. The highest BCUT2D eigenvalue weighted by atomic mass is 19.1. The molecule has 2 aromatic heterocycles. The van der Waals surface area contributed by atoms with Crippen LogP contribution in [-0.4, -0.2) is 54.2 Å². The van der Waals surface area contributed by atoms with Crippen LogP contribution in [0.5, 0.6) is 5.75 Å². The van der Waals surface area contributed by atoms with Crippen molar-refractivity contribution in [3.8, 4) is 5.75 Å². The van der Waals surface area contributed by atoms with Gasteiger partial charge in [-0.3, -0.25) is 29.4 Å². The maximum Gasteiger partial charge on any atom is 0.257 e. The fourth-order valence-corrected chi connectivity index (χ4v) is 4.27. The van der Waals surface area contributed by atoms with E-state index in [-0.39, 0.29) is 41.5 Å². The molecule has 35 heavy (non-hydrogen) atoms. The summed E-state index contributed by atoms with van der Waals surface area (Å²) in [6, 6.07) is 7.58. The molecule has 1 aromatic carbocycles. The number of β-lactam (4-membered cyclic amide) rings is 1. The molecule has 0 saturated carbocycles. The van der Waals surface area contributed by atoms with Gasteiger partial charge in [0, 0.05) is 25.6 Å². The number of carbonyl (C=O) groups excluding carboxylic acids is 4. The number of aromatic nitrogens is 1. The van der Waals surface area contributed by atoms with Crippen molar-refractivity contribution in [2.45, 2.75) is 18.5 Å². The molecule has 4 amide bonds. The Kier molecular flexibility index (Phi) is 5.24. The number of nitrogens with two attached hydrogens (primary N) is 1. The van der Waals surface area contributed by atoms with E-state index in [2.05, 4.69) is 4.98 Å². The highest BCUT2D eigenvalue weighted by molar-refractivity contribution is 6.01. The van der Waals surface area contributed by atoms with E-state index in [9.17, 15) is 23.6 Å². The summed E-state index contributed by atoms with van der Waals surface area (Å²) in [5, 5.41) is 2.01. The van der Waals surface area contributed by atoms with E-state index >= 15 is 0 Å². The lowest BCUT2D eigenvalue weighted by molar-refractivity contribution is -0.131. The molecule has 3 aromatic rings. The van der Waals surface area contributed by atoms with Gasteiger partial charge >= 0.3 is 0 Å². The number of nitrogens with one attached hydrogen (secondary N) is 1. The minimum Gasteiger partial charge on any atom is -0.494 e. The number of methoxy groups -OCH3 is 1. The quantitative estimate of drug-likeness (QED) is 0.372. The number of halogens is 1. The molecular formula is C23H20FN5O6. The van der Waals surface area contributed by atoms with Gasteiger partial charge in [0.15, 0.2) is 22.7 Å². The third kappa shape index (κ3) is 3.49. The van der Waals surface area contributed by atoms with Gasteiger partial charge in [0.25, 0.3) is 11.8 Å². The SMILES string of the molecule is COc1ccc2c(c1F)C(=O)N(C[C@@](N)(C(=O)NC=O)c1cc3nc(N4CCC4=O)ccc3o1)C2. The Morgan fingerprint density at radius 3 is 2.80 bits per heavy atom. The first-order chi connectivity index (χ1) is 16.8. The van der Waals surface area contributed by atoms with Crippen LogP contribution in [0.1, 0.15) is 28.1 Å². The topological polar surface area (TPSA) is 148 Å². The lowest BCUT2D eigenvalue weighted by Crippen LogP contribution is -2.57. The highest BCUT2D eigenvalue weighted by Crippen LogP contribution is 2.34. The van der Waals surface area contributed by atoms with E-state index in [1.807, 2.05) is 5.32 Å². The van der Waals surface area contributed by atoms with Crippen molar-refractivity contribution >= 4 is 41.0 Å². The molecule has 4 heterocycles. The Balaban J connectivity index is 1.50. The number of nitrogens with zero attached hydrogens (tertiary/aromatic N) is 3. The average Bonchev–Trinajstić information content (AvgIpc) is 3.40. The zero-order valence-electron chi connectivity index (χ0n) is 18.5. The molecule has 3 N–H and O–H groups in total. The molecule has 0 radical (unpaired) electrons. The van der Waals surface area contributed by atoms with E-state index in [4.69, 9.17) is 14.9 Å². The number of ether oxygens (including phenoxy) is 1. The van der Waals surface area contributed by atoms with Gasteiger partial charge in [0.1, 0.15) is 17.1 Å². The van der Waals surface area contributed by atoms with Crippen molar-refractivity contribution in [1.29, 1.82) is 0 Å². The maximum atomic E-state index is 14.8. The van der Waals surface area contributed by atoms with Gasteiger partial charge in [-0.05, 0) is 23.8 Å². The van der Waals surface area contributed by atoms with Crippen molar-refractivity contribution in [2.24, 2.45) is 5.73 Å². The number of rotatable bonds is 7. The van der Waals surface area contributed by atoms with Gasteiger partial charge < -0.3 is 19.8 Å². The van der Waals surface area contributed by atoms with Crippen LogP contribution in [0.15, 0.2) is 34.7 Å². The number of hydrogen-bond donors (Lipinski definition) is 2. The number of carbonyl (C=O) groups is 4. The zero-order valence-corrected chi connectivity index (χ0v) is 18.5. The molecule has 2 aliphatic heterocycles. The predicted octanol–water partition coefficient (Wildman–Crippen LogP) is 0.795. The summed E-state index contributed by atoms with van der Waals surface area (Å²) in [7, 11) is 1.29. The Morgan fingerprint density at radius 2 is 2.14 bits per heavy atom. The lowest BCUT2D eigenvalue weighted by atomic mass is 9.95. The van der Waals surface area contributed by atoms with Gasteiger partial charge in [0.05, 0.1) is 19.2 Å². The second kappa shape index (κ2) is 8.17. The van der Waals surface area contributed by atoms with Gasteiger partial charge in [0.2, 0.25) is 12.3 Å². The Morgan fingerprint density at radius 1 is 1.34 bits per heavy atom. The van der Waals surface area contributed by atoms with Crippen LogP contribution in [0.4, 0.5) is 10.2 Å². The predicted molar refractivity (Wildman–Crippen MR) is 119 cm³/mol. The number of pyridine rings is 1. The molecule has 1 fully saturated rings. The average molecular weight is 481 g/mol. The third-order valence-corrected chi connectivity index (χ3v) is 6.24. The van der Waals surface area contributed by atoms with Crippen molar-refractivity contribution in [3.05, 3.63) is 53.0 Å². The van der Waals surface area contributed by atoms with Gasteiger partial charge in [-0.1, -0.05) is 6.07 Å². The van der Waals surface area contributed by atoms with Crippen LogP contribution < -0.4 is 20.7 Å². The van der Waals surface area contributed by atoms with Crippen LogP contribution in [0.3, 0.4) is 0 Å². The number of hydrogen-bond acceptors (Lipinski definition) is 8. The Bertz CT molecular complexity index is 1400. The fourth-order valence-electron chi connectivity index (χ4n) is 4.27. The summed E-state index contributed by atoms with van der Waals surface area (Å²) >= 11 is 0. The largest absolute Gasteiger partial charge is 0.494 e.